The highest BCUT2D eigenvalue weighted by atomic mass is 16.5. The van der Waals surface area contributed by atoms with Crippen LogP contribution in [0.15, 0.2) is 12.1 Å². The predicted molar refractivity (Wildman–Crippen MR) is 95.0 cm³/mol. The lowest BCUT2D eigenvalue weighted by Crippen LogP contribution is -2.49. The van der Waals surface area contributed by atoms with Crippen LogP contribution in [0.5, 0.6) is 5.75 Å². The zero-order valence-corrected chi connectivity index (χ0v) is 15.6. The summed E-state index contributed by atoms with van der Waals surface area (Å²) < 4.78 is 5.94. The molecule has 2 aliphatic carbocycles. The normalized spacial score (nSPS) is 32.5. The van der Waals surface area contributed by atoms with Crippen LogP contribution in [0.25, 0.3) is 0 Å². The average molecular weight is 316 g/mol. The third-order valence-corrected chi connectivity index (χ3v) is 6.74. The molecule has 0 unspecified atom stereocenters. The maximum atomic E-state index is 10.5. The summed E-state index contributed by atoms with van der Waals surface area (Å²) in [6.07, 6.45) is 5.00. The van der Waals surface area contributed by atoms with Crippen molar-refractivity contribution in [3.63, 3.8) is 0 Å². The summed E-state index contributed by atoms with van der Waals surface area (Å²) in [6.45, 7) is 11.6. The summed E-state index contributed by atoms with van der Waals surface area (Å²) in [6, 6.07) is 4.09. The maximum absolute atomic E-state index is 10.5. The zero-order chi connectivity index (χ0) is 17.0. The molecule has 3 rings (SSSR count). The van der Waals surface area contributed by atoms with Crippen molar-refractivity contribution in [3.05, 3.63) is 28.8 Å². The van der Waals surface area contributed by atoms with Crippen LogP contribution in [-0.4, -0.2) is 12.2 Å². The molecule has 1 aromatic rings. The standard InChI is InChI=1S/C21H32O2/c1-13(2)18-15(22)9-8-14-19(18)16(23-6)12-17-20(3,4)10-7-11-21(14,17)5/h8-9,13,16-17,22H,7,10-12H2,1-6H3/t16-,17+,21-/m1/s1. The van der Waals surface area contributed by atoms with Crippen molar-refractivity contribution in [1.29, 1.82) is 0 Å². The van der Waals surface area contributed by atoms with Gasteiger partial charge in [0.05, 0.1) is 6.10 Å². The molecule has 3 atom stereocenters. The summed E-state index contributed by atoms with van der Waals surface area (Å²) in [5, 5.41) is 10.5. The Morgan fingerprint density at radius 3 is 2.48 bits per heavy atom. The molecule has 2 nitrogen and oxygen atoms in total. The minimum Gasteiger partial charge on any atom is -0.508 e. The fraction of sp³-hybridized carbons (Fsp3) is 0.714. The molecule has 0 bridgehead atoms. The van der Waals surface area contributed by atoms with Gasteiger partial charge < -0.3 is 9.84 Å². The Bertz CT molecular complexity index is 602. The van der Waals surface area contributed by atoms with Gasteiger partial charge in [-0.1, -0.05) is 47.1 Å². The van der Waals surface area contributed by atoms with E-state index in [1.165, 1.54) is 30.4 Å². The van der Waals surface area contributed by atoms with Gasteiger partial charge in [-0.15, -0.1) is 0 Å². The van der Waals surface area contributed by atoms with E-state index in [4.69, 9.17) is 4.74 Å². The number of phenols is 1. The number of aromatic hydroxyl groups is 1. The molecule has 1 fully saturated rings. The quantitative estimate of drug-likeness (QED) is 0.759. The minimum atomic E-state index is 0.102. The van der Waals surface area contributed by atoms with Crippen molar-refractivity contribution in [2.45, 2.75) is 77.7 Å². The highest BCUT2D eigenvalue weighted by Crippen LogP contribution is 2.60. The number of fused-ring (bicyclic) bond motifs is 3. The van der Waals surface area contributed by atoms with Crippen LogP contribution in [0, 0.1) is 11.3 Å². The number of hydrogen-bond acceptors (Lipinski definition) is 2. The average Bonchev–Trinajstić information content (AvgIpc) is 2.45. The first-order chi connectivity index (χ1) is 10.7. The highest BCUT2D eigenvalue weighted by Gasteiger charge is 2.52. The second-order valence-corrected chi connectivity index (χ2v) is 8.89. The van der Waals surface area contributed by atoms with Gasteiger partial charge in [0, 0.05) is 12.7 Å². The lowest BCUT2D eigenvalue weighted by atomic mass is 9.49. The third kappa shape index (κ3) is 2.41. The number of phenolic OH excluding ortho intramolecular Hbond substituents is 1. The Morgan fingerprint density at radius 1 is 1.17 bits per heavy atom. The number of benzene rings is 1. The molecule has 0 saturated heterocycles. The van der Waals surface area contributed by atoms with E-state index < -0.39 is 0 Å². The Hall–Kier alpha value is -1.02. The van der Waals surface area contributed by atoms with Crippen LogP contribution in [-0.2, 0) is 10.2 Å². The van der Waals surface area contributed by atoms with Gasteiger partial charge in [-0.2, -0.15) is 0 Å². The van der Waals surface area contributed by atoms with E-state index in [9.17, 15) is 5.11 Å². The van der Waals surface area contributed by atoms with Crippen molar-refractivity contribution in [3.8, 4) is 5.75 Å². The number of ether oxygens (including phenoxy) is 1. The van der Waals surface area contributed by atoms with Crippen LogP contribution in [0.3, 0.4) is 0 Å². The van der Waals surface area contributed by atoms with E-state index in [0.717, 1.165) is 12.0 Å². The molecule has 0 amide bonds. The summed E-state index contributed by atoms with van der Waals surface area (Å²) in [7, 11) is 1.82. The lowest BCUT2D eigenvalue weighted by molar-refractivity contribution is -0.0232. The van der Waals surface area contributed by atoms with Gasteiger partial charge in [-0.05, 0) is 59.1 Å². The number of methoxy groups -OCH3 is 1. The predicted octanol–water partition coefficient (Wildman–Crippen LogP) is 5.69. The van der Waals surface area contributed by atoms with Crippen LogP contribution < -0.4 is 0 Å². The summed E-state index contributed by atoms with van der Waals surface area (Å²) >= 11 is 0. The fourth-order valence-corrected chi connectivity index (χ4v) is 5.65. The second kappa shape index (κ2) is 5.51. The van der Waals surface area contributed by atoms with Gasteiger partial charge >= 0.3 is 0 Å². The molecule has 2 heteroatoms. The van der Waals surface area contributed by atoms with E-state index in [1.807, 2.05) is 13.2 Å². The monoisotopic (exact) mass is 316 g/mol. The molecule has 23 heavy (non-hydrogen) atoms. The molecule has 0 aliphatic heterocycles. The molecule has 1 N–H and O–H groups in total. The number of rotatable bonds is 2. The van der Waals surface area contributed by atoms with Crippen molar-refractivity contribution in [2.24, 2.45) is 11.3 Å². The van der Waals surface area contributed by atoms with Crippen LogP contribution in [0.4, 0.5) is 0 Å². The molecule has 128 valence electrons. The van der Waals surface area contributed by atoms with E-state index in [-0.39, 0.29) is 11.5 Å². The first-order valence-electron chi connectivity index (χ1n) is 9.11. The SMILES string of the molecule is CO[C@@H]1C[C@H]2C(C)(C)CCC[C@]2(C)c2ccc(O)c(C(C)C)c21. The molecular weight excluding hydrogens is 284 g/mol. The maximum Gasteiger partial charge on any atom is 0.119 e. The smallest absolute Gasteiger partial charge is 0.119 e. The van der Waals surface area contributed by atoms with Crippen LogP contribution in [0.2, 0.25) is 0 Å². The molecular formula is C21H32O2. The van der Waals surface area contributed by atoms with Gasteiger partial charge in [0.2, 0.25) is 0 Å². The summed E-state index contributed by atoms with van der Waals surface area (Å²) in [4.78, 5) is 0. The summed E-state index contributed by atoms with van der Waals surface area (Å²) in [5.41, 5.74) is 4.34. The van der Waals surface area contributed by atoms with Gasteiger partial charge in [-0.25, -0.2) is 0 Å². The number of hydrogen-bond donors (Lipinski definition) is 1. The van der Waals surface area contributed by atoms with E-state index >= 15 is 0 Å². The van der Waals surface area contributed by atoms with Crippen molar-refractivity contribution in [1.82, 2.24) is 0 Å². The first-order valence-corrected chi connectivity index (χ1v) is 9.11. The zero-order valence-electron chi connectivity index (χ0n) is 15.6. The minimum absolute atomic E-state index is 0.102. The van der Waals surface area contributed by atoms with Gasteiger partial charge in [0.15, 0.2) is 0 Å². The Labute approximate surface area is 141 Å². The third-order valence-electron chi connectivity index (χ3n) is 6.74. The van der Waals surface area contributed by atoms with Crippen molar-refractivity contribution in [2.75, 3.05) is 7.11 Å². The van der Waals surface area contributed by atoms with E-state index in [2.05, 4.69) is 40.7 Å². The van der Waals surface area contributed by atoms with Gasteiger partial charge in [0.1, 0.15) is 5.75 Å². The van der Waals surface area contributed by atoms with Crippen LogP contribution in [0.1, 0.15) is 89.0 Å². The molecule has 0 heterocycles. The van der Waals surface area contributed by atoms with E-state index in [1.54, 1.807) is 0 Å². The van der Waals surface area contributed by atoms with E-state index in [0.29, 0.717) is 23.0 Å². The summed E-state index contributed by atoms with van der Waals surface area (Å²) in [5.74, 6) is 1.36. The molecule has 1 aromatic carbocycles. The molecule has 0 spiro atoms. The molecule has 0 radical (unpaired) electrons. The Kier molecular flexibility index (Phi) is 4.03. The van der Waals surface area contributed by atoms with Gasteiger partial charge in [0.25, 0.3) is 0 Å². The Balaban J connectivity index is 2.25. The molecule has 1 saturated carbocycles. The van der Waals surface area contributed by atoms with Gasteiger partial charge in [-0.3, -0.25) is 0 Å². The Morgan fingerprint density at radius 2 is 1.87 bits per heavy atom. The highest BCUT2D eigenvalue weighted by molar-refractivity contribution is 5.52. The topological polar surface area (TPSA) is 29.5 Å². The second-order valence-electron chi connectivity index (χ2n) is 8.89. The van der Waals surface area contributed by atoms with Crippen LogP contribution >= 0.6 is 0 Å². The molecule has 2 aliphatic rings. The largest absolute Gasteiger partial charge is 0.508 e. The first kappa shape index (κ1) is 16.8. The lowest BCUT2D eigenvalue weighted by Gasteiger charge is -2.56. The molecule has 0 aromatic heterocycles. The fourth-order valence-electron chi connectivity index (χ4n) is 5.65. The van der Waals surface area contributed by atoms with Crippen molar-refractivity contribution < 1.29 is 9.84 Å². The van der Waals surface area contributed by atoms with Crippen molar-refractivity contribution >= 4 is 0 Å².